The first kappa shape index (κ1) is 70.2. The van der Waals surface area contributed by atoms with Crippen molar-refractivity contribution >= 4 is 38.9 Å². The van der Waals surface area contributed by atoms with Crippen molar-refractivity contribution in [2.24, 2.45) is 35.3 Å². The van der Waals surface area contributed by atoms with Gasteiger partial charge < -0.3 is 42.7 Å². The molecule has 6 aliphatic heterocycles. The van der Waals surface area contributed by atoms with Gasteiger partial charge in [0.15, 0.2) is 0 Å². The van der Waals surface area contributed by atoms with Gasteiger partial charge in [-0.1, -0.05) is 67.2 Å². The van der Waals surface area contributed by atoms with Crippen LogP contribution in [0.25, 0.3) is 0 Å². The first-order chi connectivity index (χ1) is 43.5. The average molecular weight is 1320 g/mol. The van der Waals surface area contributed by atoms with E-state index in [2.05, 4.69) is 80.7 Å². The van der Waals surface area contributed by atoms with Crippen LogP contribution in [0.15, 0.2) is 13.3 Å². The molecular formula is C60H100N14O15S2. The van der Waals surface area contributed by atoms with Gasteiger partial charge >= 0.3 is 28.5 Å². The Morgan fingerprint density at radius 1 is 0.527 bits per heavy atom. The van der Waals surface area contributed by atoms with Gasteiger partial charge in [-0.2, -0.15) is 22.8 Å². The van der Waals surface area contributed by atoms with Gasteiger partial charge in [-0.05, 0) is 152 Å². The highest BCUT2D eigenvalue weighted by Gasteiger charge is 2.51. The van der Waals surface area contributed by atoms with Crippen LogP contribution >= 0.6 is 0 Å². The Kier molecular flexibility index (Phi) is 24.2. The number of hydroxylamine groups is 6. The normalized spacial score (nSPS) is 28.4. The smallest absolute Gasteiger partial charge is 0.418 e. The van der Waals surface area contributed by atoms with Gasteiger partial charge in [-0.3, -0.25) is 9.76 Å². The molecule has 12 rings (SSSR count). The van der Waals surface area contributed by atoms with Crippen LogP contribution in [-0.4, -0.2) is 184 Å². The molecule has 29 nitrogen and oxygen atoms in total. The lowest BCUT2D eigenvalue weighted by atomic mass is 9.74. The molecule has 9 fully saturated rings. The Morgan fingerprint density at radius 3 is 1.21 bits per heavy atom. The van der Waals surface area contributed by atoms with Crippen molar-refractivity contribution in [3.8, 4) is 0 Å². The third-order valence-corrected chi connectivity index (χ3v) is 20.8. The van der Waals surface area contributed by atoms with E-state index in [1.807, 2.05) is 0 Å². The van der Waals surface area contributed by atoms with Crippen molar-refractivity contribution in [1.29, 1.82) is 0 Å². The molecule has 9 heterocycles. The van der Waals surface area contributed by atoms with E-state index in [0.29, 0.717) is 96.1 Å². The van der Waals surface area contributed by atoms with Gasteiger partial charge in [0.1, 0.15) is 18.1 Å². The molecule has 6 atom stereocenters. The van der Waals surface area contributed by atoms with Crippen LogP contribution in [0.5, 0.6) is 0 Å². The van der Waals surface area contributed by atoms with Gasteiger partial charge in [0.05, 0.1) is 44.3 Å². The van der Waals surface area contributed by atoms with Crippen molar-refractivity contribution in [3.05, 3.63) is 35.3 Å². The summed E-state index contributed by atoms with van der Waals surface area (Å²) in [6, 6.07) is -3.38. The highest BCUT2D eigenvalue weighted by atomic mass is 32.3. The quantitative estimate of drug-likeness (QED) is 0.0264. The Bertz CT molecular complexity index is 2890. The molecule has 3 aromatic rings. The van der Waals surface area contributed by atoms with Crippen LogP contribution in [0.1, 0.15) is 243 Å². The summed E-state index contributed by atoms with van der Waals surface area (Å²) in [4.78, 5) is 41.3. The van der Waals surface area contributed by atoms with E-state index in [0.717, 1.165) is 86.5 Å². The summed E-state index contributed by atoms with van der Waals surface area (Å²) < 4.78 is 90.5. The minimum Gasteiger partial charge on any atom is -0.724 e. The number of quaternary nitrogens is 1. The molecule has 0 aromatic carbocycles. The van der Waals surface area contributed by atoms with Gasteiger partial charge in [0, 0.05) is 44.9 Å². The summed E-state index contributed by atoms with van der Waals surface area (Å²) in [5.41, 5.74) is 5.78. The number of hydrogen-bond acceptors (Lipinski definition) is 21. The molecule has 3 aromatic heterocycles. The number of hydrogen-bond donors (Lipinski definition) is 3. The van der Waals surface area contributed by atoms with Crippen LogP contribution in [-0.2, 0) is 48.6 Å². The SMILES string of the molecule is CC1CC(CCc2nnc([C@@H]3CC[C@@H]4CN3C(=O)N4O)o2)C1.CC1CC(CCc2nnc([C@@H]3CC[C@@H]4CN3C(=O)N4OS(=O)(=O)[O-])o2)C1.CCCC[N+](CCCC)(CCCC)CCCC.NC1CC(CCc2nnc([C@@H]3CC[C@@H]4CN3C(=O)N4OS(=O)(=O)O)o2)C1. The lowest BCUT2D eigenvalue weighted by Crippen LogP contribution is -2.50. The van der Waals surface area contributed by atoms with E-state index in [4.69, 9.17) is 23.5 Å². The number of nitrogens with two attached hydrogens (primary N) is 1. The number of nitrogens with zero attached hydrogens (tertiary/aromatic N) is 13. The average Bonchev–Trinajstić information content (AvgIpc) is 1.65. The lowest BCUT2D eigenvalue weighted by molar-refractivity contribution is -0.929. The van der Waals surface area contributed by atoms with Crippen LogP contribution in [0.2, 0.25) is 0 Å². The fourth-order valence-electron chi connectivity index (χ4n) is 14.8. The molecule has 6 bridgehead atoms. The predicted octanol–water partition coefficient (Wildman–Crippen LogP) is 9.18. The number of urea groups is 3. The van der Waals surface area contributed by atoms with E-state index in [1.54, 1.807) is 4.90 Å². The highest BCUT2D eigenvalue weighted by molar-refractivity contribution is 7.81. The van der Waals surface area contributed by atoms with E-state index in [9.17, 15) is 41.0 Å². The van der Waals surface area contributed by atoms with Crippen molar-refractivity contribution in [3.63, 3.8) is 0 Å². The van der Waals surface area contributed by atoms with Crippen molar-refractivity contribution < 1.29 is 71.8 Å². The number of fused-ring (bicyclic) bond motifs is 6. The number of unbranched alkanes of at least 4 members (excludes halogenated alkanes) is 4. The summed E-state index contributed by atoms with van der Waals surface area (Å²) in [5, 5.41) is 36.5. The maximum Gasteiger partial charge on any atom is 0.418 e. The van der Waals surface area contributed by atoms with Crippen molar-refractivity contribution in [1.82, 2.24) is 60.5 Å². The number of piperidine rings is 3. The molecular weight excluding hydrogens is 1220 g/mol. The second kappa shape index (κ2) is 31.4. The monoisotopic (exact) mass is 1320 g/mol. The molecule has 3 saturated carbocycles. The molecule has 0 unspecified atom stereocenters. The number of carbonyl (C=O) groups excluding carboxylic acids is 3. The van der Waals surface area contributed by atoms with E-state index in [1.165, 1.54) is 118 Å². The zero-order valence-electron chi connectivity index (χ0n) is 54.2. The Morgan fingerprint density at radius 2 is 0.868 bits per heavy atom. The molecule has 9 aliphatic rings. The predicted molar refractivity (Wildman–Crippen MR) is 326 cm³/mol. The zero-order valence-corrected chi connectivity index (χ0v) is 55.8. The molecule has 91 heavy (non-hydrogen) atoms. The number of aryl methyl sites for hydroxylation is 3. The van der Waals surface area contributed by atoms with Crippen LogP contribution in [0.3, 0.4) is 0 Å². The first-order valence-electron chi connectivity index (χ1n) is 33.8. The van der Waals surface area contributed by atoms with Crippen LogP contribution in [0, 0.1) is 29.6 Å². The minimum atomic E-state index is -5.00. The Hall–Kier alpha value is -5.15. The second-order valence-electron chi connectivity index (χ2n) is 27.4. The number of rotatable bonds is 28. The molecule has 0 spiro atoms. The van der Waals surface area contributed by atoms with Crippen molar-refractivity contribution in [2.45, 2.75) is 251 Å². The van der Waals surface area contributed by atoms with Crippen molar-refractivity contribution in [2.75, 3.05) is 45.8 Å². The summed E-state index contributed by atoms with van der Waals surface area (Å²) in [7, 11) is -9.75. The Balaban J connectivity index is 0.000000146. The largest absolute Gasteiger partial charge is 0.724 e. The third kappa shape index (κ3) is 18.4. The topological polar surface area (TPSA) is 364 Å². The van der Waals surface area contributed by atoms with Crippen LogP contribution < -0.4 is 5.73 Å². The van der Waals surface area contributed by atoms with E-state index < -0.39 is 57.0 Å². The minimum absolute atomic E-state index is 0.0910. The fourth-order valence-corrected chi connectivity index (χ4v) is 15.6. The maximum atomic E-state index is 12.4. The molecule has 0 radical (unpaired) electrons. The number of amides is 6. The molecule has 6 saturated heterocycles. The molecule has 3 aliphatic carbocycles. The number of carbonyl (C=O) groups is 3. The lowest BCUT2D eigenvalue weighted by Gasteiger charge is -2.39. The summed E-state index contributed by atoms with van der Waals surface area (Å²) >= 11 is 0. The Labute approximate surface area is 536 Å². The second-order valence-corrected chi connectivity index (χ2v) is 29.3. The van der Waals surface area contributed by atoms with Gasteiger partial charge in [-0.25, -0.2) is 27.9 Å². The van der Waals surface area contributed by atoms with Gasteiger partial charge in [-0.15, -0.1) is 34.9 Å². The summed E-state index contributed by atoms with van der Waals surface area (Å²) in [6.45, 7) is 20.6. The molecule has 512 valence electrons. The first-order valence-corrected chi connectivity index (χ1v) is 36.5. The third-order valence-electron chi connectivity index (χ3n) is 20.1. The molecule has 4 N–H and O–H groups in total. The van der Waals surface area contributed by atoms with Gasteiger partial charge in [0.25, 0.3) is 0 Å². The van der Waals surface area contributed by atoms with E-state index in [-0.39, 0.29) is 31.2 Å². The van der Waals surface area contributed by atoms with Crippen LogP contribution in [0.4, 0.5) is 14.4 Å². The summed E-state index contributed by atoms with van der Waals surface area (Å²) in [5.74, 6) is 6.74. The number of aromatic nitrogens is 6. The fraction of sp³-hybridized carbons (Fsp3) is 0.850. The zero-order chi connectivity index (χ0) is 65.2. The highest BCUT2D eigenvalue weighted by Crippen LogP contribution is 2.43. The molecule has 31 heteroatoms. The van der Waals surface area contributed by atoms with E-state index >= 15 is 0 Å². The maximum absolute atomic E-state index is 12.4. The molecule has 6 amide bonds. The van der Waals surface area contributed by atoms with Gasteiger partial charge in [0.2, 0.25) is 45.7 Å². The standard InChI is InChI=1S/C16H36N.C15H22N4O6S.C15H22N4O3.C14H21N5O6S/c1-5-9-13-17(14-10-6-2,15-11-7-3)16-12-8-4;1-9-6-10(7-9)2-5-13-16-17-14(24-13)12-4-3-11-8-18(12)15(20)19(11)25-26(21,22)23;1-9-6-10(7-9)2-5-13-16-17-14(22-13)12-4-3-11-8-18(12)15(20)19(11)21;15-9-5-8(6-9)1-4-12-16-17-13(24-12)11-3-2-10-7-18(11)14(20)19(10)25-26(21,22)23/h5-16H2,1-4H3;9-12H,2-8H2,1H3,(H,21,22,23);9-12,21H,2-8H2,1H3;8-11H,1-7,15H2,(H,21,22,23)/q+1;;;/p-1/t;2*9?,10?,11-,12+;8?,9?,10-,11+/m.111/s1. The summed E-state index contributed by atoms with van der Waals surface area (Å²) in [6.07, 6.45) is 27.1.